The third-order valence-corrected chi connectivity index (χ3v) is 6.80. The number of carbonyl (C=O) groups excluding carboxylic acids is 1. The molecule has 186 valence electrons. The number of nitrogens with one attached hydrogen (secondary N) is 2. The quantitative estimate of drug-likeness (QED) is 0.612. The van der Waals surface area contributed by atoms with E-state index in [1.807, 2.05) is 19.2 Å². The number of nitrogens with two attached hydrogens (primary N) is 1. The maximum atomic E-state index is 12.6. The Morgan fingerprint density at radius 3 is 2.43 bits per heavy atom. The Bertz CT molecular complexity index is 1180. The van der Waals surface area contributed by atoms with Crippen molar-refractivity contribution in [3.63, 3.8) is 0 Å². The van der Waals surface area contributed by atoms with Crippen molar-refractivity contribution < 1.29 is 4.79 Å². The van der Waals surface area contributed by atoms with Gasteiger partial charge in [0.15, 0.2) is 5.69 Å². The number of amides is 1. The van der Waals surface area contributed by atoms with Crippen LogP contribution >= 0.6 is 0 Å². The van der Waals surface area contributed by atoms with Gasteiger partial charge in [0, 0.05) is 57.2 Å². The number of anilines is 2. The maximum Gasteiger partial charge on any atom is 0.271 e. The maximum absolute atomic E-state index is 12.6. The predicted molar refractivity (Wildman–Crippen MR) is 142 cm³/mol. The molecule has 0 bridgehead atoms. The molecule has 4 rings (SSSR count). The van der Waals surface area contributed by atoms with Crippen molar-refractivity contribution in [1.82, 2.24) is 20.0 Å². The summed E-state index contributed by atoms with van der Waals surface area (Å²) < 4.78 is 1.71. The molecule has 0 atom stereocenters. The largest absolute Gasteiger partial charge is 0.404 e. The Labute approximate surface area is 207 Å². The molecule has 1 aromatic carbocycles. The topological polar surface area (TPSA) is 104 Å². The highest BCUT2D eigenvalue weighted by Crippen LogP contribution is 2.41. The molecule has 2 aromatic rings. The van der Waals surface area contributed by atoms with Gasteiger partial charge < -0.3 is 26.2 Å². The Kier molecular flexibility index (Phi) is 6.71. The third kappa shape index (κ3) is 4.81. The molecule has 2 aliphatic rings. The van der Waals surface area contributed by atoms with Crippen molar-refractivity contribution in [2.24, 2.45) is 17.8 Å². The number of aliphatic imine (C=N–C) groups is 1. The molecule has 1 aromatic heterocycles. The lowest BCUT2D eigenvalue weighted by atomic mass is 9.71. The van der Waals surface area contributed by atoms with E-state index in [2.05, 4.69) is 65.1 Å². The van der Waals surface area contributed by atoms with Gasteiger partial charge >= 0.3 is 0 Å². The van der Waals surface area contributed by atoms with Crippen LogP contribution in [0.25, 0.3) is 0 Å². The summed E-state index contributed by atoms with van der Waals surface area (Å²) in [6, 6.07) is 8.33. The van der Waals surface area contributed by atoms with E-state index in [-0.39, 0.29) is 11.3 Å². The normalized spacial score (nSPS) is 20.1. The highest BCUT2D eigenvalue weighted by atomic mass is 16.1. The monoisotopic (exact) mass is 476 g/mol. The van der Waals surface area contributed by atoms with Gasteiger partial charge in [0.05, 0.1) is 11.4 Å². The van der Waals surface area contributed by atoms with Crippen LogP contribution in [0.15, 0.2) is 53.4 Å². The van der Waals surface area contributed by atoms with Crippen molar-refractivity contribution in [2.45, 2.75) is 25.7 Å². The first-order valence-corrected chi connectivity index (χ1v) is 11.9. The summed E-state index contributed by atoms with van der Waals surface area (Å²) in [5.41, 5.74) is 11.5. The molecule has 0 unspecified atom stereocenters. The number of carbonyl (C=O) groups is 1. The van der Waals surface area contributed by atoms with Gasteiger partial charge in [0.2, 0.25) is 0 Å². The van der Waals surface area contributed by atoms with Gasteiger partial charge in [-0.3, -0.25) is 9.48 Å². The first kappa shape index (κ1) is 24.5. The Morgan fingerprint density at radius 1 is 1.17 bits per heavy atom. The van der Waals surface area contributed by atoms with Gasteiger partial charge in [0.25, 0.3) is 5.91 Å². The highest BCUT2D eigenvalue weighted by molar-refractivity contribution is 6.16. The van der Waals surface area contributed by atoms with Crippen molar-refractivity contribution in [2.75, 3.05) is 50.5 Å². The molecule has 0 spiro atoms. The fraction of sp³-hybridized carbons (Fsp3) is 0.423. The molecule has 35 heavy (non-hydrogen) atoms. The molecule has 1 fully saturated rings. The number of hydrogen-bond acceptors (Lipinski definition) is 7. The summed E-state index contributed by atoms with van der Waals surface area (Å²) in [6.45, 7) is 12.5. The lowest BCUT2D eigenvalue weighted by molar-refractivity contribution is 0.0955. The van der Waals surface area contributed by atoms with Gasteiger partial charge in [-0.2, -0.15) is 5.10 Å². The molecule has 0 radical (unpaired) electrons. The Morgan fingerprint density at radius 2 is 1.83 bits per heavy atom. The molecule has 2 heterocycles. The van der Waals surface area contributed by atoms with Crippen molar-refractivity contribution in [3.8, 4) is 0 Å². The van der Waals surface area contributed by atoms with Gasteiger partial charge in [-0.15, -0.1) is 0 Å². The van der Waals surface area contributed by atoms with Crippen LogP contribution in [-0.4, -0.2) is 66.6 Å². The number of piperazine rings is 1. The summed E-state index contributed by atoms with van der Waals surface area (Å²) in [5, 5.41) is 10.5. The average Bonchev–Trinajstić information content (AvgIpc) is 3.19. The van der Waals surface area contributed by atoms with Crippen LogP contribution in [0.5, 0.6) is 0 Å². The minimum Gasteiger partial charge on any atom is -0.404 e. The molecule has 1 aliphatic heterocycles. The zero-order valence-electron chi connectivity index (χ0n) is 21.4. The smallest absolute Gasteiger partial charge is 0.271 e. The summed E-state index contributed by atoms with van der Waals surface area (Å²) >= 11 is 0. The van der Waals surface area contributed by atoms with E-state index in [4.69, 9.17) is 10.7 Å². The number of rotatable bonds is 5. The lowest BCUT2D eigenvalue weighted by Gasteiger charge is -2.34. The van der Waals surface area contributed by atoms with E-state index in [0.717, 1.165) is 48.7 Å². The fourth-order valence-electron chi connectivity index (χ4n) is 4.93. The molecule has 9 heteroatoms. The van der Waals surface area contributed by atoms with Crippen LogP contribution in [0.2, 0.25) is 0 Å². The van der Waals surface area contributed by atoms with E-state index in [0.29, 0.717) is 23.6 Å². The number of aromatic nitrogens is 2. The molecule has 1 amide bonds. The summed E-state index contributed by atoms with van der Waals surface area (Å²) in [6.07, 6.45) is 2.23. The van der Waals surface area contributed by atoms with E-state index >= 15 is 0 Å². The summed E-state index contributed by atoms with van der Waals surface area (Å²) in [5.74, 6) is 0.270. The molecule has 1 aliphatic carbocycles. The summed E-state index contributed by atoms with van der Waals surface area (Å²) in [7, 11) is 5.59. The van der Waals surface area contributed by atoms with E-state index in [1.54, 1.807) is 17.9 Å². The second-order valence-corrected chi connectivity index (χ2v) is 9.90. The van der Waals surface area contributed by atoms with Crippen molar-refractivity contribution >= 4 is 23.0 Å². The number of aryl methyl sites for hydroxylation is 1. The van der Waals surface area contributed by atoms with E-state index < -0.39 is 0 Å². The number of allylic oxidation sites excluding steroid dienone is 1. The van der Waals surface area contributed by atoms with Crippen LogP contribution in [0.3, 0.4) is 0 Å². The third-order valence-electron chi connectivity index (χ3n) is 6.80. The second kappa shape index (κ2) is 9.58. The van der Waals surface area contributed by atoms with E-state index in [1.165, 1.54) is 5.69 Å². The zero-order valence-corrected chi connectivity index (χ0v) is 21.4. The van der Waals surface area contributed by atoms with Gasteiger partial charge in [0.1, 0.15) is 5.82 Å². The average molecular weight is 477 g/mol. The number of hydrogen-bond donors (Lipinski definition) is 3. The molecule has 1 saturated heterocycles. The first-order valence-electron chi connectivity index (χ1n) is 11.9. The molecular weight excluding hydrogens is 440 g/mol. The van der Waals surface area contributed by atoms with Crippen LogP contribution in [-0.2, 0) is 12.5 Å². The Hall–Kier alpha value is -3.59. The first-order chi connectivity index (χ1) is 16.6. The zero-order chi connectivity index (χ0) is 25.3. The predicted octanol–water partition coefficient (Wildman–Crippen LogP) is 2.43. The van der Waals surface area contributed by atoms with Gasteiger partial charge in [-0.25, -0.2) is 4.99 Å². The Balaban J connectivity index is 1.61. The van der Waals surface area contributed by atoms with Crippen LogP contribution in [0.1, 0.15) is 42.0 Å². The fourth-order valence-corrected chi connectivity index (χ4v) is 4.93. The van der Waals surface area contributed by atoms with Crippen LogP contribution in [0, 0.1) is 0 Å². The number of benzene rings is 1. The number of fused-ring (bicyclic) bond motifs is 1. The SMILES string of the molecule is C=C(/N=C1\C(=C/N)CC(C)(C)c2c(C(=O)NC)nn(C)c21)Nc1ccc(N2CCN(C)CC2)cc1. The van der Waals surface area contributed by atoms with E-state index in [9.17, 15) is 4.79 Å². The minimum atomic E-state index is -0.330. The minimum absolute atomic E-state index is 0.216. The summed E-state index contributed by atoms with van der Waals surface area (Å²) in [4.78, 5) is 22.1. The number of nitrogens with zero attached hydrogens (tertiary/aromatic N) is 5. The highest BCUT2D eigenvalue weighted by Gasteiger charge is 2.40. The molecule has 4 N–H and O–H groups in total. The van der Waals surface area contributed by atoms with Crippen molar-refractivity contribution in [1.29, 1.82) is 0 Å². The van der Waals surface area contributed by atoms with Crippen molar-refractivity contribution in [3.05, 3.63) is 65.4 Å². The van der Waals surface area contributed by atoms with Gasteiger partial charge in [-0.05, 0) is 54.9 Å². The molecule has 9 nitrogen and oxygen atoms in total. The van der Waals surface area contributed by atoms with Crippen LogP contribution < -0.4 is 21.3 Å². The molecule has 0 saturated carbocycles. The van der Waals surface area contributed by atoms with Gasteiger partial charge in [-0.1, -0.05) is 20.4 Å². The molecular formula is C26H36N8O. The second-order valence-electron chi connectivity index (χ2n) is 9.90. The standard InChI is InChI=1S/C26H36N8O/c1-17(29-19-7-9-20(10-8-19)34-13-11-32(5)12-14-34)30-22-18(16-27)15-26(2,3)21-23(25(35)28-4)31-33(6)24(21)22/h7-10,16,29H,1,11-15,27H2,2-6H3,(H,28,35)/b18-16-,30-22+. The lowest BCUT2D eigenvalue weighted by Crippen LogP contribution is -2.44. The van der Waals surface area contributed by atoms with Crippen LogP contribution in [0.4, 0.5) is 11.4 Å². The number of likely N-dealkylation sites (N-methyl/N-ethyl adjacent to an activating group) is 1.